The van der Waals surface area contributed by atoms with Crippen LogP contribution in [0.4, 0.5) is 57.1 Å². The molecule has 0 radical (unpaired) electrons. The van der Waals surface area contributed by atoms with Gasteiger partial charge in [-0.3, -0.25) is 0 Å². The number of ether oxygens (including phenoxy) is 1. The van der Waals surface area contributed by atoms with Crippen LogP contribution < -0.4 is 0 Å². The minimum absolute atomic E-state index is 1.29. The second-order valence-corrected chi connectivity index (χ2v) is 4.24. The summed E-state index contributed by atoms with van der Waals surface area (Å²) in [4.78, 5) is 0. The molecule has 0 aliphatic carbocycles. The average Bonchev–Trinajstić information content (AvgIpc) is 3.09. The third-order valence-electron chi connectivity index (χ3n) is 2.70. The van der Waals surface area contributed by atoms with Crippen LogP contribution in [0.15, 0.2) is 0 Å². The van der Waals surface area contributed by atoms with Gasteiger partial charge in [-0.1, -0.05) is 0 Å². The summed E-state index contributed by atoms with van der Waals surface area (Å²) in [5.74, 6) is -36.6. The largest absolute Gasteiger partial charge is 0.460 e. The summed E-state index contributed by atoms with van der Waals surface area (Å²) < 4.78 is 166. The zero-order chi connectivity index (χ0) is 18.0. The molecule has 1 nitrogen and oxygen atoms in total. The first-order valence-corrected chi connectivity index (χ1v) is 4.93. The maximum absolute atomic E-state index is 12.9. The van der Waals surface area contributed by atoms with Gasteiger partial charge in [0.25, 0.3) is 0 Å². The number of hydrogen-bond acceptors (Lipinski definition) is 1. The van der Waals surface area contributed by atoms with Gasteiger partial charge in [-0.2, -0.15) is 57.1 Å². The third kappa shape index (κ3) is 2.21. The molecule has 22 heavy (non-hydrogen) atoms. The SMILES string of the molecule is FC(F)(F)C(F)(F)C(F)(F)C(F)(F)C(F)(F)C(F)(F)[C@H]1CO1. The molecule has 0 aromatic rings. The monoisotopic (exact) mass is 362 g/mol. The Morgan fingerprint density at radius 2 is 0.864 bits per heavy atom. The highest BCUT2D eigenvalue weighted by Crippen LogP contribution is 2.61. The van der Waals surface area contributed by atoms with E-state index in [0.29, 0.717) is 0 Å². The summed E-state index contributed by atoms with van der Waals surface area (Å²) in [5, 5.41) is 0. The Labute approximate surface area is 112 Å². The van der Waals surface area contributed by atoms with Gasteiger partial charge >= 0.3 is 35.8 Å². The van der Waals surface area contributed by atoms with Crippen LogP contribution in [0.2, 0.25) is 0 Å². The van der Waals surface area contributed by atoms with Gasteiger partial charge in [0.05, 0.1) is 6.61 Å². The third-order valence-corrected chi connectivity index (χ3v) is 2.70. The van der Waals surface area contributed by atoms with Gasteiger partial charge in [0.1, 0.15) is 0 Å². The van der Waals surface area contributed by atoms with E-state index in [1.54, 1.807) is 0 Å². The summed E-state index contributed by atoms with van der Waals surface area (Å²) in [6.07, 6.45) is -10.4. The molecule has 1 saturated heterocycles. The highest BCUT2D eigenvalue weighted by Gasteiger charge is 2.91. The normalized spacial score (nSPS) is 22.0. The lowest BCUT2D eigenvalue weighted by molar-refractivity contribution is -0.440. The molecule has 0 N–H and O–H groups in total. The zero-order valence-corrected chi connectivity index (χ0v) is 9.61. The number of rotatable bonds is 5. The van der Waals surface area contributed by atoms with E-state index in [1.807, 2.05) is 0 Å². The van der Waals surface area contributed by atoms with Crippen molar-refractivity contribution in [3.8, 4) is 0 Å². The van der Waals surface area contributed by atoms with Crippen LogP contribution in [0.1, 0.15) is 0 Å². The lowest BCUT2D eigenvalue weighted by atomic mass is 9.93. The Bertz CT molecular complexity index is 432. The summed E-state index contributed by atoms with van der Waals surface area (Å²) in [5.41, 5.74) is 0. The van der Waals surface area contributed by atoms with Crippen molar-refractivity contribution in [2.75, 3.05) is 6.61 Å². The van der Waals surface area contributed by atoms with E-state index >= 15 is 0 Å². The number of hydrogen-bond donors (Lipinski definition) is 0. The fourth-order valence-corrected chi connectivity index (χ4v) is 1.24. The van der Waals surface area contributed by atoms with Crippen LogP contribution in [-0.2, 0) is 4.74 Å². The molecule has 1 aliphatic rings. The lowest BCUT2D eigenvalue weighted by Crippen LogP contribution is -2.70. The first-order valence-electron chi connectivity index (χ1n) is 4.93. The van der Waals surface area contributed by atoms with Crippen molar-refractivity contribution in [3.05, 3.63) is 0 Å². The highest BCUT2D eigenvalue weighted by atomic mass is 19.4. The minimum atomic E-state index is -7.85. The molecule has 0 saturated carbocycles. The molecule has 0 aromatic heterocycles. The van der Waals surface area contributed by atoms with Crippen LogP contribution in [0.25, 0.3) is 0 Å². The molecule has 1 atom stereocenters. The molecule has 0 spiro atoms. The van der Waals surface area contributed by atoms with E-state index in [-0.39, 0.29) is 0 Å². The lowest BCUT2D eigenvalue weighted by Gasteiger charge is -2.39. The van der Waals surface area contributed by atoms with Crippen molar-refractivity contribution < 1.29 is 61.8 Å². The second kappa shape index (κ2) is 4.54. The molecule has 1 heterocycles. The number of halogens is 13. The van der Waals surface area contributed by atoms with Gasteiger partial charge in [-0.15, -0.1) is 0 Å². The average molecular weight is 362 g/mol. The minimum Gasteiger partial charge on any atom is -0.366 e. The first-order chi connectivity index (χ1) is 9.36. The van der Waals surface area contributed by atoms with Crippen LogP contribution in [0.5, 0.6) is 0 Å². The van der Waals surface area contributed by atoms with E-state index in [9.17, 15) is 57.1 Å². The van der Waals surface area contributed by atoms with Crippen LogP contribution in [0, 0.1) is 0 Å². The first kappa shape index (κ1) is 19.1. The van der Waals surface area contributed by atoms with Crippen molar-refractivity contribution in [2.45, 2.75) is 41.9 Å². The fraction of sp³-hybridized carbons (Fsp3) is 1.00. The smallest absolute Gasteiger partial charge is 0.366 e. The maximum Gasteiger partial charge on any atom is 0.460 e. The van der Waals surface area contributed by atoms with E-state index in [1.165, 1.54) is 0 Å². The second-order valence-electron chi connectivity index (χ2n) is 4.24. The van der Waals surface area contributed by atoms with Gasteiger partial charge in [-0.25, -0.2) is 0 Å². The predicted octanol–water partition coefficient (Wildman–Crippen LogP) is 4.12. The zero-order valence-electron chi connectivity index (χ0n) is 9.61. The van der Waals surface area contributed by atoms with Gasteiger partial charge in [0, 0.05) is 0 Å². The molecular formula is C8H3F13O. The number of epoxide rings is 1. The van der Waals surface area contributed by atoms with E-state index in [4.69, 9.17) is 0 Å². The van der Waals surface area contributed by atoms with E-state index in [2.05, 4.69) is 4.74 Å². The summed E-state index contributed by atoms with van der Waals surface area (Å²) in [6, 6.07) is 0. The van der Waals surface area contributed by atoms with Crippen molar-refractivity contribution in [1.82, 2.24) is 0 Å². The van der Waals surface area contributed by atoms with Crippen LogP contribution in [0.3, 0.4) is 0 Å². The Balaban J connectivity index is 3.37. The standard InChI is InChI=1S/C8H3F13O/c9-3(10,2-1-22-2)4(11,12)5(13,14)6(15,16)7(17,18)8(19,20)21/h2H,1H2/t2-/m1/s1. The van der Waals surface area contributed by atoms with Gasteiger partial charge in [0.15, 0.2) is 6.10 Å². The predicted molar refractivity (Wildman–Crippen MR) is 40.5 cm³/mol. The van der Waals surface area contributed by atoms with Crippen molar-refractivity contribution in [1.29, 1.82) is 0 Å². The van der Waals surface area contributed by atoms with Crippen LogP contribution in [-0.4, -0.2) is 48.5 Å². The molecular weight excluding hydrogens is 359 g/mol. The molecule has 0 unspecified atom stereocenters. The molecule has 1 fully saturated rings. The molecule has 0 amide bonds. The summed E-state index contributed by atoms with van der Waals surface area (Å²) in [7, 11) is 0. The Morgan fingerprint density at radius 3 is 1.14 bits per heavy atom. The van der Waals surface area contributed by atoms with Gasteiger partial charge in [-0.05, 0) is 0 Å². The Kier molecular flexibility index (Phi) is 3.94. The van der Waals surface area contributed by atoms with Gasteiger partial charge < -0.3 is 4.74 Å². The molecule has 14 heteroatoms. The number of alkyl halides is 13. The van der Waals surface area contributed by atoms with Crippen molar-refractivity contribution >= 4 is 0 Å². The fourth-order valence-electron chi connectivity index (χ4n) is 1.24. The topological polar surface area (TPSA) is 12.5 Å². The molecule has 1 aliphatic heterocycles. The molecule has 132 valence electrons. The Hall–Kier alpha value is -0.950. The summed E-state index contributed by atoms with van der Waals surface area (Å²) >= 11 is 0. The molecule has 1 rings (SSSR count). The highest BCUT2D eigenvalue weighted by molar-refractivity contribution is 5.12. The molecule has 0 aromatic carbocycles. The van der Waals surface area contributed by atoms with E-state index in [0.717, 1.165) is 0 Å². The maximum atomic E-state index is 12.9. The quantitative estimate of drug-likeness (QED) is 0.530. The Morgan fingerprint density at radius 1 is 0.545 bits per heavy atom. The summed E-state index contributed by atoms with van der Waals surface area (Å²) in [6.45, 7) is -1.29. The van der Waals surface area contributed by atoms with Crippen molar-refractivity contribution in [2.24, 2.45) is 0 Å². The van der Waals surface area contributed by atoms with Gasteiger partial charge in [0.2, 0.25) is 0 Å². The van der Waals surface area contributed by atoms with Crippen molar-refractivity contribution in [3.63, 3.8) is 0 Å². The molecule has 0 bridgehead atoms. The van der Waals surface area contributed by atoms with Crippen LogP contribution >= 0.6 is 0 Å². The van der Waals surface area contributed by atoms with E-state index < -0.39 is 48.5 Å².